The van der Waals surface area contributed by atoms with Crippen LogP contribution in [0.3, 0.4) is 0 Å². The molecule has 0 saturated heterocycles. The van der Waals surface area contributed by atoms with E-state index in [0.717, 1.165) is 44.1 Å². The minimum absolute atomic E-state index is 0.0419. The molecule has 0 radical (unpaired) electrons. The van der Waals surface area contributed by atoms with Crippen molar-refractivity contribution in [3.63, 3.8) is 0 Å². The van der Waals surface area contributed by atoms with Crippen molar-refractivity contribution in [3.05, 3.63) is 52.0 Å². The molecule has 5 nitrogen and oxygen atoms in total. The van der Waals surface area contributed by atoms with E-state index < -0.39 is 0 Å². The molecule has 7 heteroatoms. The van der Waals surface area contributed by atoms with Crippen LogP contribution in [-0.4, -0.2) is 47.9 Å². The van der Waals surface area contributed by atoms with Gasteiger partial charge in [-0.05, 0) is 60.7 Å². The maximum Gasteiger partial charge on any atom is 0.242 e. The number of nitrogens with zero attached hydrogens (tertiary/aromatic N) is 2. The van der Waals surface area contributed by atoms with E-state index in [1.54, 1.807) is 28.4 Å². The maximum atomic E-state index is 13.6. The highest BCUT2D eigenvalue weighted by Gasteiger charge is 2.35. The Kier molecular flexibility index (Phi) is 8.24. The summed E-state index contributed by atoms with van der Waals surface area (Å²) in [6, 6.07) is 7.88. The Bertz CT molecular complexity index is 986. The lowest BCUT2D eigenvalue weighted by Gasteiger charge is -2.37. The van der Waals surface area contributed by atoms with E-state index in [1.807, 2.05) is 10.3 Å². The number of ether oxygens (including phenoxy) is 1. The van der Waals surface area contributed by atoms with Gasteiger partial charge in [0, 0.05) is 30.0 Å². The Morgan fingerprint density at radius 1 is 1.24 bits per heavy atom. The number of halogens is 1. The molecule has 1 atom stereocenters. The molecule has 0 N–H and O–H groups in total. The first-order chi connectivity index (χ1) is 16.4. The van der Waals surface area contributed by atoms with Gasteiger partial charge >= 0.3 is 0 Å². The van der Waals surface area contributed by atoms with E-state index in [1.165, 1.54) is 17.0 Å². The van der Waals surface area contributed by atoms with Crippen LogP contribution in [-0.2, 0) is 16.0 Å². The van der Waals surface area contributed by atoms with E-state index in [-0.39, 0.29) is 42.7 Å². The van der Waals surface area contributed by atoms with Gasteiger partial charge in [-0.1, -0.05) is 32.8 Å². The van der Waals surface area contributed by atoms with Gasteiger partial charge in [0.1, 0.15) is 18.2 Å². The van der Waals surface area contributed by atoms with E-state index in [0.29, 0.717) is 24.8 Å². The fraction of sp³-hybridized carbons (Fsp3) is 0.556. The summed E-state index contributed by atoms with van der Waals surface area (Å²) in [4.78, 5) is 31.8. The Labute approximate surface area is 205 Å². The fourth-order valence-corrected chi connectivity index (χ4v) is 5.90. The second kappa shape index (κ2) is 11.3. The lowest BCUT2D eigenvalue weighted by atomic mass is 10.00. The molecule has 1 aromatic heterocycles. The van der Waals surface area contributed by atoms with Gasteiger partial charge in [0.2, 0.25) is 11.8 Å². The summed E-state index contributed by atoms with van der Waals surface area (Å²) in [5.41, 5.74) is 1.09. The van der Waals surface area contributed by atoms with E-state index in [9.17, 15) is 14.0 Å². The smallest absolute Gasteiger partial charge is 0.242 e. The number of fused-ring (bicyclic) bond motifs is 1. The van der Waals surface area contributed by atoms with Crippen LogP contribution in [0.25, 0.3) is 0 Å². The molecular formula is C27H35FN2O3S. The summed E-state index contributed by atoms with van der Waals surface area (Å²) in [5.74, 6) is 0.704. The molecule has 1 fully saturated rings. The van der Waals surface area contributed by atoms with Crippen LogP contribution in [0.5, 0.6) is 5.75 Å². The van der Waals surface area contributed by atoms with Crippen molar-refractivity contribution in [1.82, 2.24) is 9.80 Å². The van der Waals surface area contributed by atoms with Crippen molar-refractivity contribution >= 4 is 23.2 Å². The van der Waals surface area contributed by atoms with Crippen LogP contribution in [0.1, 0.15) is 62.4 Å². The second-order valence-corrected chi connectivity index (χ2v) is 10.8. The molecule has 0 bridgehead atoms. The largest absolute Gasteiger partial charge is 0.491 e. The minimum Gasteiger partial charge on any atom is -0.491 e. The molecular weight excluding hydrogens is 451 g/mol. The summed E-state index contributed by atoms with van der Waals surface area (Å²) in [6.07, 6.45) is 5.72. The summed E-state index contributed by atoms with van der Waals surface area (Å²) in [7, 11) is 0. The van der Waals surface area contributed by atoms with Crippen molar-refractivity contribution in [2.24, 2.45) is 11.8 Å². The highest BCUT2D eigenvalue weighted by atomic mass is 32.1. The lowest BCUT2D eigenvalue weighted by Crippen LogP contribution is -2.49. The molecule has 1 saturated carbocycles. The van der Waals surface area contributed by atoms with Crippen molar-refractivity contribution in [2.45, 2.75) is 58.4 Å². The van der Waals surface area contributed by atoms with Gasteiger partial charge in [0.05, 0.1) is 12.6 Å². The topological polar surface area (TPSA) is 49.9 Å². The van der Waals surface area contributed by atoms with E-state index in [4.69, 9.17) is 4.74 Å². The zero-order chi connectivity index (χ0) is 24.1. The predicted molar refractivity (Wildman–Crippen MR) is 132 cm³/mol. The van der Waals surface area contributed by atoms with Crippen molar-refractivity contribution in [2.75, 3.05) is 26.2 Å². The summed E-state index contributed by atoms with van der Waals surface area (Å²) in [5, 5.41) is 2.05. The zero-order valence-corrected chi connectivity index (χ0v) is 21.0. The highest BCUT2D eigenvalue weighted by molar-refractivity contribution is 7.10. The average Bonchev–Trinajstić information content (AvgIpc) is 3.51. The molecule has 4 rings (SSSR count). The van der Waals surface area contributed by atoms with Gasteiger partial charge in [0.15, 0.2) is 0 Å². The lowest BCUT2D eigenvalue weighted by molar-refractivity contribution is -0.144. The summed E-state index contributed by atoms with van der Waals surface area (Å²) >= 11 is 1.70. The third-order valence-electron chi connectivity index (χ3n) is 6.94. The molecule has 34 heavy (non-hydrogen) atoms. The number of hydrogen-bond donors (Lipinski definition) is 0. The summed E-state index contributed by atoms with van der Waals surface area (Å²) < 4.78 is 19.6. The zero-order valence-electron chi connectivity index (χ0n) is 20.2. The van der Waals surface area contributed by atoms with Gasteiger partial charge in [-0.25, -0.2) is 4.39 Å². The molecule has 2 heterocycles. The second-order valence-electron chi connectivity index (χ2n) is 9.84. The first-order valence-corrected chi connectivity index (χ1v) is 13.3. The van der Waals surface area contributed by atoms with Crippen molar-refractivity contribution in [1.29, 1.82) is 0 Å². The molecule has 1 aliphatic carbocycles. The molecule has 2 amide bonds. The van der Waals surface area contributed by atoms with Gasteiger partial charge in [-0.15, -0.1) is 11.3 Å². The Balaban J connectivity index is 1.49. The van der Waals surface area contributed by atoms with Gasteiger partial charge in [0.25, 0.3) is 0 Å². The average molecular weight is 487 g/mol. The molecule has 184 valence electrons. The SMILES string of the molecule is CC(C)CCN(CC(=O)N1CCc2sccc2C1COc1cccc(F)c1)C(=O)C1CCCC1. The number of thiophene rings is 1. The predicted octanol–water partition coefficient (Wildman–Crippen LogP) is 5.46. The van der Waals surface area contributed by atoms with Crippen LogP contribution in [0.15, 0.2) is 35.7 Å². The van der Waals surface area contributed by atoms with Crippen LogP contribution < -0.4 is 4.74 Å². The Morgan fingerprint density at radius 3 is 2.76 bits per heavy atom. The van der Waals surface area contributed by atoms with Crippen molar-refractivity contribution in [3.8, 4) is 5.75 Å². The maximum absolute atomic E-state index is 13.6. The standard InChI is InChI=1S/C27H35FN2O3S/c1-19(2)10-13-29(27(32)20-6-3-4-7-20)17-26(31)30-14-11-25-23(12-15-34-25)24(30)18-33-22-9-5-8-21(28)16-22/h5,8-9,12,15-16,19-20,24H,3-4,6-7,10-11,13-14,17-18H2,1-2H3. The number of carbonyl (C=O) groups is 2. The minimum atomic E-state index is -0.350. The fourth-order valence-electron chi connectivity index (χ4n) is 4.97. The number of rotatable bonds is 9. The molecule has 1 aromatic carbocycles. The van der Waals surface area contributed by atoms with Gasteiger partial charge in [-0.2, -0.15) is 0 Å². The number of amides is 2. The van der Waals surface area contributed by atoms with E-state index >= 15 is 0 Å². The van der Waals surface area contributed by atoms with Crippen LogP contribution >= 0.6 is 11.3 Å². The molecule has 1 unspecified atom stereocenters. The van der Waals surface area contributed by atoms with E-state index in [2.05, 4.69) is 19.9 Å². The summed E-state index contributed by atoms with van der Waals surface area (Å²) in [6.45, 7) is 5.85. The molecule has 1 aliphatic heterocycles. The highest BCUT2D eigenvalue weighted by Crippen LogP contribution is 2.34. The molecule has 2 aromatic rings. The third kappa shape index (κ3) is 5.98. The Morgan fingerprint density at radius 2 is 2.03 bits per heavy atom. The normalized spacial score (nSPS) is 18.2. The Hall–Kier alpha value is -2.41. The number of benzene rings is 1. The third-order valence-corrected chi connectivity index (χ3v) is 7.93. The molecule has 2 aliphatic rings. The van der Waals surface area contributed by atoms with Crippen LogP contribution in [0.2, 0.25) is 0 Å². The monoisotopic (exact) mass is 486 g/mol. The first-order valence-electron chi connectivity index (χ1n) is 12.4. The van der Waals surface area contributed by atoms with Gasteiger partial charge < -0.3 is 14.5 Å². The van der Waals surface area contributed by atoms with Crippen LogP contribution in [0.4, 0.5) is 4.39 Å². The first kappa shape index (κ1) is 24.7. The van der Waals surface area contributed by atoms with Crippen LogP contribution in [0, 0.1) is 17.7 Å². The van der Waals surface area contributed by atoms with Crippen molar-refractivity contribution < 1.29 is 18.7 Å². The molecule has 0 spiro atoms. The number of carbonyl (C=O) groups excluding carboxylic acids is 2. The van der Waals surface area contributed by atoms with Gasteiger partial charge in [-0.3, -0.25) is 9.59 Å². The quantitative estimate of drug-likeness (QED) is 0.473. The number of hydrogen-bond acceptors (Lipinski definition) is 4.